The third-order valence-electron chi connectivity index (χ3n) is 3.24. The number of hydrogen-bond donors (Lipinski definition) is 2. The molecule has 0 unspecified atom stereocenters. The molecule has 1 aliphatic carbocycles. The van der Waals surface area contributed by atoms with Crippen LogP contribution in [0.4, 0.5) is 0 Å². The van der Waals surface area contributed by atoms with Crippen molar-refractivity contribution in [3.05, 3.63) is 33.3 Å². The number of rotatable bonds is 2. The summed E-state index contributed by atoms with van der Waals surface area (Å²) in [5, 5.41) is 19.9. The molecule has 0 aromatic heterocycles. The molecule has 1 amide bonds. The van der Waals surface area contributed by atoms with Gasteiger partial charge in [0.1, 0.15) is 6.61 Å². The molecule has 0 saturated carbocycles. The number of carbonyl (C=O) groups excluding carboxylic acids is 1. The largest absolute Gasteiger partial charge is 0.390 e. The van der Waals surface area contributed by atoms with Crippen LogP contribution in [-0.2, 0) is 11.2 Å². The highest BCUT2D eigenvalue weighted by molar-refractivity contribution is 6.35. The highest BCUT2D eigenvalue weighted by Gasteiger charge is 2.37. The van der Waals surface area contributed by atoms with Crippen LogP contribution in [0.15, 0.2) is 12.1 Å². The molecule has 0 bridgehead atoms. The Morgan fingerprint density at radius 2 is 2.17 bits per heavy atom. The van der Waals surface area contributed by atoms with E-state index < -0.39 is 24.7 Å². The quantitative estimate of drug-likeness (QED) is 0.865. The number of amides is 1. The lowest BCUT2D eigenvalue weighted by atomic mass is 10.1. The summed E-state index contributed by atoms with van der Waals surface area (Å²) in [7, 11) is 1.54. The number of aliphatic hydroxyl groups is 2. The normalized spacial score (nSPS) is 21.8. The Bertz CT molecular complexity index is 492. The van der Waals surface area contributed by atoms with E-state index in [-0.39, 0.29) is 0 Å². The summed E-state index contributed by atoms with van der Waals surface area (Å²) in [5.74, 6) is -0.456. The van der Waals surface area contributed by atoms with Gasteiger partial charge >= 0.3 is 0 Å². The fourth-order valence-electron chi connectivity index (χ4n) is 2.36. The van der Waals surface area contributed by atoms with E-state index in [2.05, 4.69) is 0 Å². The van der Waals surface area contributed by atoms with Gasteiger partial charge < -0.3 is 15.1 Å². The van der Waals surface area contributed by atoms with E-state index in [1.807, 2.05) is 0 Å². The van der Waals surface area contributed by atoms with Gasteiger partial charge in [-0.2, -0.15) is 0 Å². The minimum atomic E-state index is -0.739. The summed E-state index contributed by atoms with van der Waals surface area (Å²) in [4.78, 5) is 12.8. The number of nitrogens with zero attached hydrogens (tertiary/aromatic N) is 1. The zero-order valence-electron chi connectivity index (χ0n) is 9.73. The van der Waals surface area contributed by atoms with Crippen LogP contribution in [0.5, 0.6) is 0 Å². The lowest BCUT2D eigenvalue weighted by Crippen LogP contribution is -2.37. The molecular formula is C12H13Cl2NO3. The second-order valence-corrected chi connectivity index (χ2v) is 5.18. The van der Waals surface area contributed by atoms with Gasteiger partial charge in [-0.25, -0.2) is 0 Å². The van der Waals surface area contributed by atoms with Crippen molar-refractivity contribution in [1.82, 2.24) is 4.90 Å². The molecule has 2 N–H and O–H groups in total. The van der Waals surface area contributed by atoms with Gasteiger partial charge in [-0.15, -0.1) is 0 Å². The van der Waals surface area contributed by atoms with Gasteiger partial charge in [0.05, 0.1) is 12.1 Å². The van der Waals surface area contributed by atoms with E-state index in [1.54, 1.807) is 12.1 Å². The van der Waals surface area contributed by atoms with Crippen molar-refractivity contribution in [1.29, 1.82) is 0 Å². The number of fused-ring (bicyclic) bond motifs is 1. The van der Waals surface area contributed by atoms with Gasteiger partial charge in [-0.05, 0) is 23.3 Å². The van der Waals surface area contributed by atoms with Gasteiger partial charge in [0.25, 0.3) is 0 Å². The predicted molar refractivity (Wildman–Crippen MR) is 68.8 cm³/mol. The second-order valence-electron chi connectivity index (χ2n) is 4.33. The number of carbonyl (C=O) groups is 1. The molecule has 6 heteroatoms. The molecule has 98 valence electrons. The van der Waals surface area contributed by atoms with Crippen molar-refractivity contribution in [3.8, 4) is 0 Å². The van der Waals surface area contributed by atoms with E-state index in [4.69, 9.17) is 28.3 Å². The molecule has 0 spiro atoms. The number of likely N-dealkylation sites (N-methyl/N-ethyl adjacent to an activating group) is 1. The standard InChI is InChI=1S/C12H13Cl2NO3/c1-15(11(18)5-16)12-8-2-6(13)3-9(14)7(8)4-10(12)17/h2-3,10,12,16-17H,4-5H2,1H3/t10-,12+/m0/s1. The fraction of sp³-hybridized carbons (Fsp3) is 0.417. The van der Waals surface area contributed by atoms with Crippen molar-refractivity contribution >= 4 is 29.1 Å². The summed E-state index contributed by atoms with van der Waals surface area (Å²) in [6.07, 6.45) is -0.365. The van der Waals surface area contributed by atoms with Crippen LogP contribution >= 0.6 is 23.2 Å². The molecule has 4 nitrogen and oxygen atoms in total. The zero-order chi connectivity index (χ0) is 13.4. The minimum absolute atomic E-state index is 0.374. The topological polar surface area (TPSA) is 60.8 Å². The third-order valence-corrected chi connectivity index (χ3v) is 3.79. The summed E-state index contributed by atoms with van der Waals surface area (Å²) < 4.78 is 0. The lowest BCUT2D eigenvalue weighted by molar-refractivity contribution is -0.137. The molecule has 1 aliphatic rings. The van der Waals surface area contributed by atoms with Gasteiger partial charge in [-0.1, -0.05) is 23.2 Å². The molecule has 18 heavy (non-hydrogen) atoms. The van der Waals surface area contributed by atoms with Crippen LogP contribution in [0, 0.1) is 0 Å². The van der Waals surface area contributed by atoms with E-state index in [1.165, 1.54) is 11.9 Å². The van der Waals surface area contributed by atoms with Crippen molar-refractivity contribution in [3.63, 3.8) is 0 Å². The van der Waals surface area contributed by atoms with Gasteiger partial charge in [0.2, 0.25) is 5.91 Å². The first-order valence-electron chi connectivity index (χ1n) is 5.48. The fourth-order valence-corrected chi connectivity index (χ4v) is 2.95. The van der Waals surface area contributed by atoms with E-state index >= 15 is 0 Å². The highest BCUT2D eigenvalue weighted by atomic mass is 35.5. The highest BCUT2D eigenvalue weighted by Crippen LogP contribution is 2.40. The van der Waals surface area contributed by atoms with Crippen LogP contribution in [0.1, 0.15) is 17.2 Å². The van der Waals surface area contributed by atoms with Crippen LogP contribution in [0.25, 0.3) is 0 Å². The molecule has 0 saturated heterocycles. The van der Waals surface area contributed by atoms with Gasteiger partial charge in [0.15, 0.2) is 0 Å². The van der Waals surface area contributed by atoms with Crippen LogP contribution < -0.4 is 0 Å². The van der Waals surface area contributed by atoms with Crippen molar-refractivity contribution in [2.75, 3.05) is 13.7 Å². The Morgan fingerprint density at radius 3 is 2.78 bits per heavy atom. The Kier molecular flexibility index (Phi) is 3.82. The monoisotopic (exact) mass is 289 g/mol. The molecule has 0 aliphatic heterocycles. The Labute approximate surface area is 115 Å². The molecule has 0 heterocycles. The number of aliphatic hydroxyl groups excluding tert-OH is 2. The molecular weight excluding hydrogens is 277 g/mol. The van der Waals surface area contributed by atoms with Crippen LogP contribution in [-0.4, -0.2) is 40.8 Å². The maximum absolute atomic E-state index is 11.5. The molecule has 1 aromatic rings. The molecule has 0 radical (unpaired) electrons. The van der Waals surface area contributed by atoms with E-state index in [9.17, 15) is 9.90 Å². The first kappa shape index (κ1) is 13.6. The maximum atomic E-state index is 11.5. The van der Waals surface area contributed by atoms with Crippen molar-refractivity contribution in [2.45, 2.75) is 18.6 Å². The minimum Gasteiger partial charge on any atom is -0.390 e. The lowest BCUT2D eigenvalue weighted by Gasteiger charge is -2.27. The first-order chi connectivity index (χ1) is 8.45. The van der Waals surface area contributed by atoms with Gasteiger partial charge in [-0.3, -0.25) is 4.79 Å². The van der Waals surface area contributed by atoms with Crippen LogP contribution in [0.3, 0.4) is 0 Å². The third kappa shape index (κ3) is 2.21. The Morgan fingerprint density at radius 1 is 1.50 bits per heavy atom. The maximum Gasteiger partial charge on any atom is 0.248 e. The Balaban J connectivity index is 2.44. The SMILES string of the molecule is CN(C(=O)CO)[C@@H]1c2cc(Cl)cc(Cl)c2C[C@@H]1O. The molecule has 2 rings (SSSR count). The molecule has 0 fully saturated rings. The number of hydrogen-bond acceptors (Lipinski definition) is 3. The summed E-state index contributed by atoms with van der Waals surface area (Å²) >= 11 is 12.0. The average molecular weight is 290 g/mol. The summed E-state index contributed by atoms with van der Waals surface area (Å²) in [5.41, 5.74) is 1.54. The van der Waals surface area contributed by atoms with Crippen molar-refractivity contribution in [2.24, 2.45) is 0 Å². The van der Waals surface area contributed by atoms with Crippen LogP contribution in [0.2, 0.25) is 10.0 Å². The molecule has 2 atom stereocenters. The Hall–Kier alpha value is -0.810. The number of benzene rings is 1. The zero-order valence-corrected chi connectivity index (χ0v) is 11.2. The second kappa shape index (κ2) is 5.05. The molecule has 1 aromatic carbocycles. The first-order valence-corrected chi connectivity index (χ1v) is 6.23. The number of halogens is 2. The van der Waals surface area contributed by atoms with Gasteiger partial charge in [0, 0.05) is 23.5 Å². The average Bonchev–Trinajstić information content (AvgIpc) is 2.64. The summed E-state index contributed by atoms with van der Waals surface area (Å²) in [6, 6.07) is 2.80. The predicted octanol–water partition coefficient (Wildman–Crippen LogP) is 1.40. The smallest absolute Gasteiger partial charge is 0.248 e. The van der Waals surface area contributed by atoms with E-state index in [0.717, 1.165) is 11.1 Å². The summed E-state index contributed by atoms with van der Waals surface area (Å²) in [6.45, 7) is -0.594. The van der Waals surface area contributed by atoms with Crippen molar-refractivity contribution < 1.29 is 15.0 Å². The van der Waals surface area contributed by atoms with E-state index in [0.29, 0.717) is 16.5 Å².